The van der Waals surface area contributed by atoms with Crippen molar-refractivity contribution in [2.24, 2.45) is 5.92 Å². The predicted octanol–water partition coefficient (Wildman–Crippen LogP) is 2.69. The van der Waals surface area contributed by atoms with Crippen molar-refractivity contribution >= 4 is 29.1 Å². The van der Waals surface area contributed by atoms with Crippen LogP contribution in [0.15, 0.2) is 24.3 Å². The van der Waals surface area contributed by atoms with Gasteiger partial charge in [-0.25, -0.2) is 0 Å². The third-order valence-corrected chi connectivity index (χ3v) is 5.38. The van der Waals surface area contributed by atoms with Crippen molar-refractivity contribution in [2.45, 2.75) is 32.1 Å². The summed E-state index contributed by atoms with van der Waals surface area (Å²) in [6.07, 6.45) is 5.37. The molecule has 0 bridgehead atoms. The van der Waals surface area contributed by atoms with Crippen molar-refractivity contribution in [2.75, 3.05) is 37.6 Å². The van der Waals surface area contributed by atoms with Crippen LogP contribution in [0.1, 0.15) is 32.1 Å². The lowest BCUT2D eigenvalue weighted by Crippen LogP contribution is -2.38. The van der Waals surface area contributed by atoms with Crippen LogP contribution in [-0.4, -0.2) is 49.4 Å². The third kappa shape index (κ3) is 4.73. The molecule has 136 valence electrons. The van der Waals surface area contributed by atoms with Crippen molar-refractivity contribution in [3.05, 3.63) is 29.3 Å². The maximum Gasteiger partial charge on any atom is 0.227 e. The molecule has 2 aliphatic heterocycles. The minimum Gasteiger partial charge on any atom is -0.355 e. The minimum atomic E-state index is -0.298. The van der Waals surface area contributed by atoms with E-state index in [1.54, 1.807) is 11.0 Å². The number of rotatable bonds is 5. The lowest BCUT2D eigenvalue weighted by molar-refractivity contribution is -0.126. The Morgan fingerprint density at radius 3 is 2.60 bits per heavy atom. The van der Waals surface area contributed by atoms with Crippen LogP contribution in [0.3, 0.4) is 0 Å². The summed E-state index contributed by atoms with van der Waals surface area (Å²) >= 11 is 6.18. The average Bonchev–Trinajstić information content (AvgIpc) is 2.81. The highest BCUT2D eigenvalue weighted by Crippen LogP contribution is 2.30. The zero-order valence-corrected chi connectivity index (χ0v) is 15.3. The first kappa shape index (κ1) is 18.2. The minimum absolute atomic E-state index is 0.0299. The number of amides is 2. The molecule has 5 nitrogen and oxygen atoms in total. The standard InChI is InChI=1S/C19H26ClN3O2/c20-16-7-3-4-8-17(16)23-14-15(13-18(23)24)19(25)21-9-12-22-10-5-1-2-6-11-22/h3-4,7-8,15H,1-2,5-6,9-14H2,(H,21,25). The number of para-hydroxylation sites is 1. The number of likely N-dealkylation sites (tertiary alicyclic amines) is 1. The van der Waals surface area contributed by atoms with Gasteiger partial charge in [0.05, 0.1) is 16.6 Å². The molecule has 1 unspecified atom stereocenters. The second kappa shape index (κ2) is 8.68. The number of hydrogen-bond donors (Lipinski definition) is 1. The average molecular weight is 364 g/mol. The van der Waals surface area contributed by atoms with Gasteiger partial charge >= 0.3 is 0 Å². The summed E-state index contributed by atoms with van der Waals surface area (Å²) in [5.74, 6) is -0.369. The molecule has 1 N–H and O–H groups in total. The molecule has 1 atom stereocenters. The van der Waals surface area contributed by atoms with E-state index in [-0.39, 0.29) is 24.2 Å². The summed E-state index contributed by atoms with van der Waals surface area (Å²) in [4.78, 5) is 28.7. The Balaban J connectivity index is 1.48. The van der Waals surface area contributed by atoms with Crippen LogP contribution in [0.25, 0.3) is 0 Å². The van der Waals surface area contributed by atoms with Crippen LogP contribution in [0.4, 0.5) is 5.69 Å². The van der Waals surface area contributed by atoms with Gasteiger partial charge in [-0.2, -0.15) is 0 Å². The van der Waals surface area contributed by atoms with Gasteiger partial charge < -0.3 is 15.1 Å². The van der Waals surface area contributed by atoms with E-state index >= 15 is 0 Å². The highest BCUT2D eigenvalue weighted by Gasteiger charge is 2.35. The molecule has 0 spiro atoms. The predicted molar refractivity (Wildman–Crippen MR) is 99.8 cm³/mol. The van der Waals surface area contributed by atoms with Crippen molar-refractivity contribution in [3.63, 3.8) is 0 Å². The maximum absolute atomic E-state index is 12.4. The first-order valence-electron chi connectivity index (χ1n) is 9.20. The van der Waals surface area contributed by atoms with Crippen LogP contribution < -0.4 is 10.2 Å². The summed E-state index contributed by atoms with van der Waals surface area (Å²) < 4.78 is 0. The highest BCUT2D eigenvalue weighted by molar-refractivity contribution is 6.33. The first-order valence-corrected chi connectivity index (χ1v) is 9.58. The Labute approximate surface area is 154 Å². The number of benzene rings is 1. The van der Waals surface area contributed by atoms with E-state index in [0.717, 1.165) is 19.6 Å². The summed E-state index contributed by atoms with van der Waals surface area (Å²) in [7, 11) is 0. The topological polar surface area (TPSA) is 52.7 Å². The molecule has 1 aromatic carbocycles. The maximum atomic E-state index is 12.4. The Bertz CT molecular complexity index is 614. The van der Waals surface area contributed by atoms with Crippen molar-refractivity contribution < 1.29 is 9.59 Å². The first-order chi connectivity index (χ1) is 12.1. The molecular formula is C19H26ClN3O2. The molecule has 3 rings (SSSR count). The Morgan fingerprint density at radius 2 is 1.88 bits per heavy atom. The molecule has 25 heavy (non-hydrogen) atoms. The van der Waals surface area contributed by atoms with Crippen LogP contribution in [0.2, 0.25) is 5.02 Å². The SMILES string of the molecule is O=C(NCCN1CCCCCC1)C1CC(=O)N(c2ccccc2Cl)C1. The van der Waals surface area contributed by atoms with Crippen LogP contribution in [0.5, 0.6) is 0 Å². The molecule has 2 fully saturated rings. The molecular weight excluding hydrogens is 338 g/mol. The van der Waals surface area contributed by atoms with Gasteiger partial charge in [0.15, 0.2) is 0 Å². The Kier molecular flexibility index (Phi) is 6.32. The van der Waals surface area contributed by atoms with Crippen LogP contribution in [0, 0.1) is 5.92 Å². The summed E-state index contributed by atoms with van der Waals surface area (Å²) in [5.41, 5.74) is 0.689. The summed E-state index contributed by atoms with van der Waals surface area (Å²) in [5, 5.41) is 3.55. The lowest BCUT2D eigenvalue weighted by Gasteiger charge is -2.20. The fourth-order valence-corrected chi connectivity index (χ4v) is 3.87. The number of anilines is 1. The summed E-state index contributed by atoms with van der Waals surface area (Å²) in [6.45, 7) is 4.19. The Morgan fingerprint density at radius 1 is 1.16 bits per heavy atom. The highest BCUT2D eigenvalue weighted by atomic mass is 35.5. The fourth-order valence-electron chi connectivity index (χ4n) is 3.63. The van der Waals surface area contributed by atoms with E-state index in [9.17, 15) is 9.59 Å². The van der Waals surface area contributed by atoms with E-state index in [0.29, 0.717) is 23.8 Å². The fraction of sp³-hybridized carbons (Fsp3) is 0.579. The van der Waals surface area contributed by atoms with E-state index < -0.39 is 0 Å². The van der Waals surface area contributed by atoms with Gasteiger partial charge in [-0.1, -0.05) is 36.6 Å². The van der Waals surface area contributed by atoms with E-state index in [1.165, 1.54) is 25.7 Å². The van der Waals surface area contributed by atoms with Gasteiger partial charge in [-0.3, -0.25) is 9.59 Å². The smallest absolute Gasteiger partial charge is 0.227 e. The van der Waals surface area contributed by atoms with E-state index in [1.807, 2.05) is 18.2 Å². The third-order valence-electron chi connectivity index (χ3n) is 5.07. The quantitative estimate of drug-likeness (QED) is 0.875. The zero-order chi connectivity index (χ0) is 17.6. The van der Waals surface area contributed by atoms with E-state index in [2.05, 4.69) is 10.2 Å². The number of hydrogen-bond acceptors (Lipinski definition) is 3. The van der Waals surface area contributed by atoms with Crippen LogP contribution >= 0.6 is 11.6 Å². The number of carbonyl (C=O) groups excluding carboxylic acids is 2. The molecule has 2 aliphatic rings. The molecule has 2 heterocycles. The largest absolute Gasteiger partial charge is 0.355 e. The number of nitrogens with one attached hydrogen (secondary N) is 1. The zero-order valence-electron chi connectivity index (χ0n) is 14.5. The van der Waals surface area contributed by atoms with Gasteiger partial charge in [-0.05, 0) is 38.1 Å². The van der Waals surface area contributed by atoms with Gasteiger partial charge in [-0.15, -0.1) is 0 Å². The number of nitrogens with zero attached hydrogens (tertiary/aromatic N) is 2. The summed E-state index contributed by atoms with van der Waals surface area (Å²) in [6, 6.07) is 7.26. The normalized spacial score (nSPS) is 22.0. The molecule has 2 saturated heterocycles. The van der Waals surface area contributed by atoms with Crippen molar-refractivity contribution in [1.29, 1.82) is 0 Å². The second-order valence-electron chi connectivity index (χ2n) is 6.90. The van der Waals surface area contributed by atoms with Gasteiger partial charge in [0.2, 0.25) is 11.8 Å². The molecule has 0 saturated carbocycles. The number of carbonyl (C=O) groups is 2. The van der Waals surface area contributed by atoms with Crippen molar-refractivity contribution in [3.8, 4) is 0 Å². The molecule has 1 aromatic rings. The lowest BCUT2D eigenvalue weighted by atomic mass is 10.1. The van der Waals surface area contributed by atoms with Gasteiger partial charge in [0, 0.05) is 26.1 Å². The molecule has 0 aliphatic carbocycles. The van der Waals surface area contributed by atoms with Crippen LogP contribution in [-0.2, 0) is 9.59 Å². The number of halogens is 1. The van der Waals surface area contributed by atoms with Gasteiger partial charge in [0.1, 0.15) is 0 Å². The van der Waals surface area contributed by atoms with Gasteiger partial charge in [0.25, 0.3) is 0 Å². The molecule has 2 amide bonds. The van der Waals surface area contributed by atoms with Crippen molar-refractivity contribution in [1.82, 2.24) is 10.2 Å². The Hall–Kier alpha value is -1.59. The monoisotopic (exact) mass is 363 g/mol. The molecule has 6 heteroatoms. The molecule has 0 aromatic heterocycles. The molecule has 0 radical (unpaired) electrons. The second-order valence-corrected chi connectivity index (χ2v) is 7.31. The van der Waals surface area contributed by atoms with E-state index in [4.69, 9.17) is 11.6 Å².